The number of carbonyl (C=O) groups excluding carboxylic acids is 2. The Morgan fingerprint density at radius 1 is 1.15 bits per heavy atom. The first-order valence-electron chi connectivity index (χ1n) is 12.1. The number of hydrogen-bond acceptors (Lipinski definition) is 3. The lowest BCUT2D eigenvalue weighted by atomic mass is 9.95. The van der Waals surface area contributed by atoms with Gasteiger partial charge in [-0.3, -0.25) is 9.59 Å². The Hall–Kier alpha value is -2.05. The van der Waals surface area contributed by atoms with Crippen molar-refractivity contribution in [2.24, 2.45) is 0 Å². The Kier molecular flexibility index (Phi) is 10.3. The van der Waals surface area contributed by atoms with Crippen LogP contribution >= 0.6 is 23.4 Å². The molecule has 2 amide bonds. The van der Waals surface area contributed by atoms with Gasteiger partial charge in [-0.1, -0.05) is 68.1 Å². The van der Waals surface area contributed by atoms with Gasteiger partial charge in [0.25, 0.3) is 0 Å². The molecule has 1 aliphatic carbocycles. The highest BCUT2D eigenvalue weighted by molar-refractivity contribution is 7.99. The fourth-order valence-electron chi connectivity index (χ4n) is 4.43. The van der Waals surface area contributed by atoms with E-state index in [4.69, 9.17) is 11.6 Å². The summed E-state index contributed by atoms with van der Waals surface area (Å²) in [7, 11) is 0. The molecule has 1 unspecified atom stereocenters. The molecule has 0 radical (unpaired) electrons. The zero-order chi connectivity index (χ0) is 24.5. The maximum absolute atomic E-state index is 14.1. The van der Waals surface area contributed by atoms with Crippen LogP contribution in [-0.4, -0.2) is 34.6 Å². The first-order valence-corrected chi connectivity index (χ1v) is 13.6. The van der Waals surface area contributed by atoms with Gasteiger partial charge in [-0.15, -0.1) is 11.8 Å². The second-order valence-corrected chi connectivity index (χ2v) is 10.3. The summed E-state index contributed by atoms with van der Waals surface area (Å²) in [5.41, 5.74) is 2.49. The first kappa shape index (κ1) is 26.6. The molecule has 0 spiro atoms. The van der Waals surface area contributed by atoms with E-state index in [1.165, 1.54) is 24.2 Å². The smallest absolute Gasteiger partial charge is 0.243 e. The summed E-state index contributed by atoms with van der Waals surface area (Å²) in [5, 5.41) is 3.55. The Balaban J connectivity index is 1.73. The van der Waals surface area contributed by atoms with E-state index in [0.29, 0.717) is 29.3 Å². The van der Waals surface area contributed by atoms with E-state index in [1.807, 2.05) is 38.1 Å². The van der Waals surface area contributed by atoms with Crippen LogP contribution in [0.4, 0.5) is 4.39 Å². The van der Waals surface area contributed by atoms with Crippen molar-refractivity contribution in [1.82, 2.24) is 10.2 Å². The molecule has 0 heterocycles. The van der Waals surface area contributed by atoms with Crippen LogP contribution in [0.25, 0.3) is 0 Å². The maximum atomic E-state index is 14.1. The third kappa shape index (κ3) is 7.22. The normalized spacial score (nSPS) is 15.1. The van der Waals surface area contributed by atoms with E-state index in [9.17, 15) is 14.0 Å². The van der Waals surface area contributed by atoms with Crippen LogP contribution in [0.5, 0.6) is 0 Å². The van der Waals surface area contributed by atoms with Gasteiger partial charge in [-0.2, -0.15) is 0 Å². The summed E-state index contributed by atoms with van der Waals surface area (Å²) in [5.74, 6) is -0.156. The molecule has 7 heteroatoms. The molecular formula is C27H34ClFN2O2S. The number of benzene rings is 2. The zero-order valence-corrected chi connectivity index (χ0v) is 21.6. The lowest BCUT2D eigenvalue weighted by molar-refractivity contribution is -0.139. The van der Waals surface area contributed by atoms with Crippen molar-refractivity contribution in [2.75, 3.05) is 5.75 Å². The summed E-state index contributed by atoms with van der Waals surface area (Å²) < 4.78 is 14.1. The van der Waals surface area contributed by atoms with Gasteiger partial charge in [0, 0.05) is 28.9 Å². The number of nitrogens with zero attached hydrogens (tertiary/aromatic N) is 1. The van der Waals surface area contributed by atoms with Gasteiger partial charge < -0.3 is 10.2 Å². The van der Waals surface area contributed by atoms with E-state index in [-0.39, 0.29) is 29.4 Å². The summed E-state index contributed by atoms with van der Waals surface area (Å²) in [6.45, 7) is 4.31. The molecule has 3 rings (SSSR count). The molecule has 34 heavy (non-hydrogen) atoms. The highest BCUT2D eigenvalue weighted by Gasteiger charge is 2.30. The van der Waals surface area contributed by atoms with E-state index in [0.717, 1.165) is 36.8 Å². The number of hydrogen-bond donors (Lipinski definition) is 1. The van der Waals surface area contributed by atoms with Gasteiger partial charge in [-0.05, 0) is 49.4 Å². The number of aryl methyl sites for hydroxylation is 1. The molecule has 1 saturated carbocycles. The maximum Gasteiger partial charge on any atom is 0.243 e. The van der Waals surface area contributed by atoms with Crippen molar-refractivity contribution in [3.63, 3.8) is 0 Å². The number of nitrogens with one attached hydrogen (secondary N) is 1. The fourth-order valence-corrected chi connectivity index (χ4v) is 5.68. The van der Waals surface area contributed by atoms with Crippen LogP contribution in [-0.2, 0) is 21.9 Å². The minimum Gasteiger partial charge on any atom is -0.352 e. The van der Waals surface area contributed by atoms with Crippen molar-refractivity contribution in [2.45, 2.75) is 76.8 Å². The second-order valence-electron chi connectivity index (χ2n) is 8.91. The topological polar surface area (TPSA) is 49.4 Å². The number of amides is 2. The molecule has 1 fully saturated rings. The molecule has 0 aliphatic heterocycles. The Morgan fingerprint density at radius 3 is 2.56 bits per heavy atom. The molecule has 0 aromatic heterocycles. The first-order chi connectivity index (χ1) is 16.4. The molecule has 0 bridgehead atoms. The van der Waals surface area contributed by atoms with Gasteiger partial charge in [0.2, 0.25) is 11.8 Å². The van der Waals surface area contributed by atoms with Crippen LogP contribution in [0.1, 0.15) is 62.1 Å². The monoisotopic (exact) mass is 504 g/mol. The Morgan fingerprint density at radius 2 is 1.88 bits per heavy atom. The molecular weight excluding hydrogens is 471 g/mol. The van der Waals surface area contributed by atoms with Crippen molar-refractivity contribution in [1.29, 1.82) is 0 Å². The van der Waals surface area contributed by atoms with E-state index >= 15 is 0 Å². The third-order valence-electron chi connectivity index (χ3n) is 6.47. The van der Waals surface area contributed by atoms with Crippen LogP contribution in [0.15, 0.2) is 42.5 Å². The minimum atomic E-state index is -0.549. The predicted molar refractivity (Wildman–Crippen MR) is 138 cm³/mol. The third-order valence-corrected chi connectivity index (χ3v) is 7.77. The molecule has 2 aromatic carbocycles. The predicted octanol–water partition coefficient (Wildman–Crippen LogP) is 6.28. The molecule has 184 valence electrons. The average molecular weight is 505 g/mol. The summed E-state index contributed by atoms with van der Waals surface area (Å²) >= 11 is 7.45. The van der Waals surface area contributed by atoms with E-state index in [1.54, 1.807) is 17.0 Å². The molecule has 0 saturated heterocycles. The fraction of sp³-hybridized carbons (Fsp3) is 0.481. The van der Waals surface area contributed by atoms with Crippen LogP contribution in [0.2, 0.25) is 5.02 Å². The lowest BCUT2D eigenvalue weighted by Gasteiger charge is -2.33. The molecule has 2 aromatic rings. The van der Waals surface area contributed by atoms with Gasteiger partial charge in [0.1, 0.15) is 11.9 Å². The number of rotatable bonds is 10. The van der Waals surface area contributed by atoms with Gasteiger partial charge in [-0.25, -0.2) is 4.39 Å². The number of halogens is 2. The minimum absolute atomic E-state index is 0.0847. The van der Waals surface area contributed by atoms with Crippen molar-refractivity contribution < 1.29 is 14.0 Å². The van der Waals surface area contributed by atoms with Crippen LogP contribution in [0.3, 0.4) is 0 Å². The number of carbonyl (C=O) groups is 2. The van der Waals surface area contributed by atoms with Crippen molar-refractivity contribution >= 4 is 35.2 Å². The molecule has 4 nitrogen and oxygen atoms in total. The van der Waals surface area contributed by atoms with Crippen molar-refractivity contribution in [3.8, 4) is 0 Å². The highest BCUT2D eigenvalue weighted by Crippen LogP contribution is 2.25. The SMILES string of the molecule is CCC(C(=O)NC1CCCCC1)N(Cc1ccccc1C)C(=O)CSCc1c(F)cccc1Cl. The molecule has 1 N–H and O–H groups in total. The summed E-state index contributed by atoms with van der Waals surface area (Å²) in [6.07, 6.45) is 5.98. The van der Waals surface area contributed by atoms with E-state index < -0.39 is 6.04 Å². The van der Waals surface area contributed by atoms with Gasteiger partial charge in [0.05, 0.1) is 5.75 Å². The van der Waals surface area contributed by atoms with Gasteiger partial charge in [0.15, 0.2) is 0 Å². The standard InChI is InChI=1S/C27H34ClFN2O2S/c1-3-25(27(33)30-21-12-5-4-6-13-21)31(16-20-11-8-7-10-19(20)2)26(32)18-34-17-22-23(28)14-9-15-24(22)29/h7-11,14-15,21,25H,3-6,12-13,16-18H2,1-2H3,(H,30,33). The zero-order valence-electron chi connectivity index (χ0n) is 20.0. The average Bonchev–Trinajstić information content (AvgIpc) is 2.82. The Labute approximate surface area is 211 Å². The molecule has 1 aliphatic rings. The largest absolute Gasteiger partial charge is 0.352 e. The quantitative estimate of drug-likeness (QED) is 0.414. The summed E-state index contributed by atoms with van der Waals surface area (Å²) in [4.78, 5) is 28.4. The Bertz CT molecular complexity index is 961. The highest BCUT2D eigenvalue weighted by atomic mass is 35.5. The van der Waals surface area contributed by atoms with Crippen molar-refractivity contribution in [3.05, 3.63) is 70.0 Å². The lowest BCUT2D eigenvalue weighted by Crippen LogP contribution is -2.52. The van der Waals surface area contributed by atoms with E-state index in [2.05, 4.69) is 5.32 Å². The summed E-state index contributed by atoms with van der Waals surface area (Å²) in [6, 6.07) is 12.1. The number of thioether (sulfide) groups is 1. The molecule has 1 atom stereocenters. The van der Waals surface area contributed by atoms with Crippen LogP contribution in [0, 0.1) is 12.7 Å². The van der Waals surface area contributed by atoms with Crippen LogP contribution < -0.4 is 5.32 Å². The second kappa shape index (κ2) is 13.1. The van der Waals surface area contributed by atoms with Gasteiger partial charge >= 0.3 is 0 Å².